The van der Waals surface area contributed by atoms with Crippen molar-refractivity contribution in [3.63, 3.8) is 0 Å². The van der Waals surface area contributed by atoms with Gasteiger partial charge >= 0.3 is 0 Å². The third-order valence-electron chi connectivity index (χ3n) is 2.26. The number of alkyl halides is 3. The maximum atomic E-state index is 10.1. The molecule has 0 amide bonds. The normalized spacial score (nSPS) is 17.3. The fraction of sp³-hybridized carbons (Fsp3) is 0.750. The van der Waals surface area contributed by atoms with Crippen molar-refractivity contribution < 1.29 is 20.4 Å². The Balaban J connectivity index is 5.36. The molecule has 1 atom stereocenters. The van der Waals surface area contributed by atoms with Gasteiger partial charge in [0.25, 0.3) is 0 Å². The van der Waals surface area contributed by atoms with Gasteiger partial charge in [-0.3, -0.25) is 0 Å². The van der Waals surface area contributed by atoms with Gasteiger partial charge in [-0.2, -0.15) is 0 Å². The van der Waals surface area contributed by atoms with E-state index < -0.39 is 26.6 Å². The third-order valence-corrected chi connectivity index (χ3v) is 4.86. The Bertz CT molecular complexity index is 220. The highest BCUT2D eigenvalue weighted by Gasteiger charge is 2.59. The van der Waals surface area contributed by atoms with Crippen LogP contribution in [0, 0.1) is 5.41 Å². The fourth-order valence-corrected chi connectivity index (χ4v) is 3.56. The highest BCUT2D eigenvalue weighted by atomic mass is 79.9. The Labute approximate surface area is 113 Å². The molecule has 15 heavy (non-hydrogen) atoms. The van der Waals surface area contributed by atoms with Crippen LogP contribution in [0.1, 0.15) is 6.42 Å². The highest BCUT2D eigenvalue weighted by molar-refractivity contribution is 9.25. The van der Waals surface area contributed by atoms with Gasteiger partial charge in [0.05, 0.1) is 13.2 Å². The number of aliphatic hydroxyl groups is 4. The molecular weight excluding hydrogens is 400 g/mol. The van der Waals surface area contributed by atoms with Crippen LogP contribution in [-0.4, -0.2) is 41.6 Å². The maximum absolute atomic E-state index is 10.1. The van der Waals surface area contributed by atoms with E-state index in [2.05, 4.69) is 54.4 Å². The SMILES string of the molecule is C=CCC(O)(Br)C(CO)(CO)C(O)(Br)Br. The number of hydrogen-bond donors (Lipinski definition) is 4. The monoisotopic (exact) mass is 410 g/mol. The van der Waals surface area contributed by atoms with Crippen LogP contribution in [0.4, 0.5) is 0 Å². The average Bonchev–Trinajstić information content (AvgIpc) is 2.03. The minimum atomic E-state index is -1.82. The molecule has 0 spiro atoms. The summed E-state index contributed by atoms with van der Waals surface area (Å²) in [5, 5.41) is 38.4. The molecule has 1 unspecified atom stereocenters. The standard InChI is InChI=1S/C8H13Br3O4/c1-2-3-7(9,14)6(4-12,5-13)8(10,11)15/h2,12-15H,1,3-5H2. The molecule has 0 aliphatic heterocycles. The van der Waals surface area contributed by atoms with Crippen molar-refractivity contribution >= 4 is 47.8 Å². The largest absolute Gasteiger partial charge is 0.395 e. The van der Waals surface area contributed by atoms with Crippen LogP contribution in [0.15, 0.2) is 12.7 Å². The molecule has 0 aromatic rings. The molecule has 0 heterocycles. The lowest BCUT2D eigenvalue weighted by atomic mass is 9.82. The molecule has 0 fully saturated rings. The van der Waals surface area contributed by atoms with E-state index in [1.54, 1.807) is 0 Å². The molecule has 4 N–H and O–H groups in total. The smallest absolute Gasteiger partial charge is 0.188 e. The number of aliphatic hydroxyl groups excluding tert-OH is 2. The zero-order valence-corrected chi connectivity index (χ0v) is 12.6. The van der Waals surface area contributed by atoms with Gasteiger partial charge < -0.3 is 20.4 Å². The van der Waals surface area contributed by atoms with E-state index in [0.717, 1.165) is 0 Å². The van der Waals surface area contributed by atoms with Crippen molar-refractivity contribution in [2.75, 3.05) is 13.2 Å². The van der Waals surface area contributed by atoms with Gasteiger partial charge in [0.15, 0.2) is 3.42 Å². The summed E-state index contributed by atoms with van der Waals surface area (Å²) in [7, 11) is 0. The molecule has 0 bridgehead atoms. The quantitative estimate of drug-likeness (QED) is 0.388. The van der Waals surface area contributed by atoms with Gasteiger partial charge in [-0.15, -0.1) is 6.58 Å². The topological polar surface area (TPSA) is 80.9 Å². The molecule has 0 aromatic heterocycles. The Morgan fingerprint density at radius 2 is 1.47 bits per heavy atom. The molecular formula is C8H13Br3O4. The molecule has 90 valence electrons. The number of halogens is 3. The van der Waals surface area contributed by atoms with E-state index in [0.29, 0.717) is 0 Å². The molecule has 0 saturated carbocycles. The van der Waals surface area contributed by atoms with Crippen LogP contribution in [0.3, 0.4) is 0 Å². The molecule has 4 nitrogen and oxygen atoms in total. The summed E-state index contributed by atoms with van der Waals surface area (Å²) in [6.07, 6.45) is 1.44. The fourth-order valence-electron chi connectivity index (χ4n) is 1.10. The van der Waals surface area contributed by atoms with Gasteiger partial charge in [0, 0.05) is 6.42 Å². The van der Waals surface area contributed by atoms with Crippen LogP contribution >= 0.6 is 47.8 Å². The van der Waals surface area contributed by atoms with Gasteiger partial charge in [-0.1, -0.05) is 22.0 Å². The van der Waals surface area contributed by atoms with E-state index in [1.165, 1.54) is 6.08 Å². The van der Waals surface area contributed by atoms with E-state index in [1.807, 2.05) is 0 Å². The second-order valence-electron chi connectivity index (χ2n) is 3.19. The Morgan fingerprint density at radius 1 is 1.07 bits per heavy atom. The van der Waals surface area contributed by atoms with Crippen molar-refractivity contribution in [3.8, 4) is 0 Å². The molecule has 7 heteroatoms. The lowest BCUT2D eigenvalue weighted by molar-refractivity contribution is -0.115. The number of hydrogen-bond acceptors (Lipinski definition) is 4. The van der Waals surface area contributed by atoms with Gasteiger partial charge in [0.1, 0.15) is 9.93 Å². The lowest BCUT2D eigenvalue weighted by Crippen LogP contribution is -2.58. The predicted octanol–water partition coefficient (Wildman–Crippen LogP) is 1.05. The first kappa shape index (κ1) is 16.0. The molecule has 0 saturated heterocycles. The van der Waals surface area contributed by atoms with E-state index in [-0.39, 0.29) is 6.42 Å². The summed E-state index contributed by atoms with van der Waals surface area (Å²) >= 11 is 8.68. The van der Waals surface area contributed by atoms with Crippen molar-refractivity contribution in [3.05, 3.63) is 12.7 Å². The molecule has 0 radical (unpaired) electrons. The Kier molecular flexibility index (Phi) is 5.95. The minimum Gasteiger partial charge on any atom is -0.395 e. The molecule has 0 aromatic carbocycles. The molecule has 0 rings (SSSR count). The summed E-state index contributed by atoms with van der Waals surface area (Å²) in [6.45, 7) is 2.15. The van der Waals surface area contributed by atoms with Crippen LogP contribution < -0.4 is 0 Å². The van der Waals surface area contributed by atoms with Gasteiger partial charge in [-0.25, -0.2) is 0 Å². The van der Waals surface area contributed by atoms with Crippen molar-refractivity contribution in [2.45, 2.75) is 14.4 Å². The maximum Gasteiger partial charge on any atom is 0.188 e. The second-order valence-corrected chi connectivity index (χ2v) is 7.86. The van der Waals surface area contributed by atoms with Crippen LogP contribution in [0.5, 0.6) is 0 Å². The Morgan fingerprint density at radius 3 is 1.67 bits per heavy atom. The minimum absolute atomic E-state index is 0.0353. The third kappa shape index (κ3) is 3.02. The zero-order valence-electron chi connectivity index (χ0n) is 7.83. The first-order valence-corrected chi connectivity index (χ1v) is 6.40. The van der Waals surface area contributed by atoms with Crippen LogP contribution in [-0.2, 0) is 0 Å². The number of rotatable bonds is 6. The molecule has 0 aliphatic rings. The lowest BCUT2D eigenvalue weighted by Gasteiger charge is -2.46. The van der Waals surface area contributed by atoms with Crippen LogP contribution in [0.2, 0.25) is 0 Å². The van der Waals surface area contributed by atoms with Crippen molar-refractivity contribution in [2.24, 2.45) is 5.41 Å². The van der Waals surface area contributed by atoms with E-state index in [9.17, 15) is 20.4 Å². The summed E-state index contributed by atoms with van der Waals surface area (Å²) in [6, 6.07) is 0. The van der Waals surface area contributed by atoms with Crippen LogP contribution in [0.25, 0.3) is 0 Å². The zero-order chi connectivity index (χ0) is 12.3. The van der Waals surface area contributed by atoms with Crippen molar-refractivity contribution in [1.29, 1.82) is 0 Å². The average molecular weight is 413 g/mol. The Hall–Kier alpha value is 1.02. The predicted molar refractivity (Wildman–Crippen MR) is 68.1 cm³/mol. The van der Waals surface area contributed by atoms with E-state index >= 15 is 0 Å². The highest BCUT2D eigenvalue weighted by Crippen LogP contribution is 2.52. The van der Waals surface area contributed by atoms with Gasteiger partial charge in [0.2, 0.25) is 0 Å². The van der Waals surface area contributed by atoms with Crippen molar-refractivity contribution in [1.82, 2.24) is 0 Å². The summed E-state index contributed by atoms with van der Waals surface area (Å²) < 4.78 is -3.52. The second kappa shape index (κ2) is 5.57. The van der Waals surface area contributed by atoms with Gasteiger partial charge in [-0.05, 0) is 31.9 Å². The first-order valence-electron chi connectivity index (χ1n) is 4.02. The summed E-state index contributed by atoms with van der Waals surface area (Å²) in [4.78, 5) is 0. The molecule has 0 aliphatic carbocycles. The summed E-state index contributed by atoms with van der Waals surface area (Å²) in [5.74, 6) is 0. The van der Waals surface area contributed by atoms with E-state index in [4.69, 9.17) is 0 Å². The summed E-state index contributed by atoms with van der Waals surface area (Å²) in [5.41, 5.74) is -1.63. The first-order chi connectivity index (χ1) is 6.68.